The number of aromatic nitrogens is 1. The summed E-state index contributed by atoms with van der Waals surface area (Å²) in [5, 5.41) is 2.56. The summed E-state index contributed by atoms with van der Waals surface area (Å²) in [5.74, 6) is 0. The van der Waals surface area contributed by atoms with Crippen molar-refractivity contribution < 1.29 is 0 Å². The number of nitrogens with zero attached hydrogens (tertiary/aromatic N) is 2. The molecule has 0 saturated carbocycles. The van der Waals surface area contributed by atoms with Gasteiger partial charge in [-0.2, -0.15) is 0 Å². The van der Waals surface area contributed by atoms with Crippen LogP contribution in [0.1, 0.15) is 51.7 Å². The lowest BCUT2D eigenvalue weighted by Gasteiger charge is -2.42. The molecule has 0 spiro atoms. The van der Waals surface area contributed by atoms with Crippen molar-refractivity contribution in [2.45, 2.75) is 51.4 Å². The molecule has 2 heteroatoms. The second kappa shape index (κ2) is 12.4. The highest BCUT2D eigenvalue weighted by atomic mass is 15.1. The van der Waals surface area contributed by atoms with Crippen LogP contribution in [0.5, 0.6) is 0 Å². The van der Waals surface area contributed by atoms with Crippen LogP contribution in [-0.2, 0) is 10.8 Å². The zero-order valence-corrected chi connectivity index (χ0v) is 30.5. The molecule has 0 amide bonds. The van der Waals surface area contributed by atoms with E-state index in [1.54, 1.807) is 0 Å². The molecule has 0 fully saturated rings. The van der Waals surface area contributed by atoms with Gasteiger partial charge in [-0.15, -0.1) is 0 Å². The minimum Gasteiger partial charge on any atom is -0.311 e. The van der Waals surface area contributed by atoms with E-state index in [0.717, 1.165) is 17.1 Å². The first-order valence-electron chi connectivity index (χ1n) is 18.6. The fourth-order valence-electron chi connectivity index (χ4n) is 8.41. The van der Waals surface area contributed by atoms with E-state index in [1.165, 1.54) is 73.7 Å². The average Bonchev–Trinajstić information content (AvgIpc) is 3.52. The molecule has 1 heterocycles. The molecule has 7 aromatic carbocycles. The van der Waals surface area contributed by atoms with Crippen molar-refractivity contribution in [3.8, 4) is 27.9 Å². The number of fused-ring (bicyclic) bond motifs is 4. The Morgan fingerprint density at radius 2 is 0.904 bits per heavy atom. The zero-order valence-electron chi connectivity index (χ0n) is 30.5. The van der Waals surface area contributed by atoms with Crippen LogP contribution >= 0.6 is 0 Å². The van der Waals surface area contributed by atoms with Gasteiger partial charge in [0.25, 0.3) is 0 Å². The van der Waals surface area contributed by atoms with Crippen molar-refractivity contribution >= 4 is 38.9 Å². The van der Waals surface area contributed by atoms with Crippen molar-refractivity contribution in [3.05, 3.63) is 181 Å². The molecule has 1 aliphatic rings. The van der Waals surface area contributed by atoms with Crippen molar-refractivity contribution in [2.24, 2.45) is 0 Å². The van der Waals surface area contributed by atoms with Gasteiger partial charge < -0.3 is 9.47 Å². The van der Waals surface area contributed by atoms with Crippen LogP contribution < -0.4 is 4.90 Å². The quantitative estimate of drug-likeness (QED) is 0.171. The molecule has 8 aromatic rings. The second-order valence-corrected chi connectivity index (χ2v) is 15.7. The highest BCUT2D eigenvalue weighted by Crippen LogP contribution is 2.47. The molecule has 0 N–H and O–H groups in total. The van der Waals surface area contributed by atoms with Crippen molar-refractivity contribution in [1.29, 1.82) is 0 Å². The van der Waals surface area contributed by atoms with E-state index in [2.05, 4.69) is 207 Å². The number of anilines is 3. The van der Waals surface area contributed by atoms with E-state index < -0.39 is 0 Å². The molecule has 9 rings (SSSR count). The summed E-state index contributed by atoms with van der Waals surface area (Å²) in [6.45, 7) is 9.62. The maximum Gasteiger partial charge on any atom is 0.0541 e. The third kappa shape index (κ3) is 5.51. The molecule has 254 valence electrons. The summed E-state index contributed by atoms with van der Waals surface area (Å²) in [6, 6.07) is 62.1. The third-order valence-corrected chi connectivity index (χ3v) is 11.5. The highest BCUT2D eigenvalue weighted by Gasteiger charge is 2.37. The molecule has 0 saturated heterocycles. The van der Waals surface area contributed by atoms with Gasteiger partial charge in [-0.05, 0) is 124 Å². The van der Waals surface area contributed by atoms with Gasteiger partial charge in [-0.25, -0.2) is 0 Å². The molecule has 1 aromatic heterocycles. The third-order valence-electron chi connectivity index (χ3n) is 11.5. The number of para-hydroxylation sites is 2. The maximum absolute atomic E-state index is 2.47. The van der Waals surface area contributed by atoms with Gasteiger partial charge in [0, 0.05) is 33.5 Å². The Morgan fingerprint density at radius 3 is 1.58 bits per heavy atom. The van der Waals surface area contributed by atoms with E-state index in [-0.39, 0.29) is 10.8 Å². The molecular weight excluding hydrogens is 629 g/mol. The minimum absolute atomic E-state index is 0.153. The SMILES string of the molecule is CC1(C)CCC(C)(C)c2cc(-n3c4ccccc4c4cc(-c5ccc(N(c6ccccc6)c6ccc(-c7ccccc7)cc6)cc5)ccc43)ccc21. The van der Waals surface area contributed by atoms with Crippen LogP contribution in [0.15, 0.2) is 170 Å². The summed E-state index contributed by atoms with van der Waals surface area (Å²) in [6.07, 6.45) is 2.42. The Bertz CT molecular complexity index is 2540. The average molecular weight is 673 g/mol. The standard InChI is InChI=1S/C50H44N2/c1-49(2)31-32-50(3,4)46-34-42(28-29-45(46)49)52-47-18-12-11-17-43(47)44-33-38(23-30-48(44)52)37-21-26-41(27-22-37)51(39-15-9-6-10-16-39)40-24-19-36(20-25-40)35-13-7-5-8-14-35/h5-30,33-34H,31-32H2,1-4H3. The van der Waals surface area contributed by atoms with Crippen LogP contribution in [0.25, 0.3) is 49.7 Å². The lowest BCUT2D eigenvalue weighted by Crippen LogP contribution is -2.33. The predicted molar refractivity (Wildman–Crippen MR) is 222 cm³/mol. The van der Waals surface area contributed by atoms with E-state index in [4.69, 9.17) is 0 Å². The lowest BCUT2D eigenvalue weighted by atomic mass is 9.63. The van der Waals surface area contributed by atoms with Gasteiger partial charge in [-0.3, -0.25) is 0 Å². The van der Waals surface area contributed by atoms with Gasteiger partial charge in [0.1, 0.15) is 0 Å². The number of hydrogen-bond acceptors (Lipinski definition) is 1. The summed E-state index contributed by atoms with van der Waals surface area (Å²) >= 11 is 0. The first-order chi connectivity index (χ1) is 25.3. The van der Waals surface area contributed by atoms with Crippen LogP contribution in [0, 0.1) is 0 Å². The summed E-state index contributed by atoms with van der Waals surface area (Å²) in [7, 11) is 0. The van der Waals surface area contributed by atoms with Gasteiger partial charge in [0.2, 0.25) is 0 Å². The Morgan fingerprint density at radius 1 is 0.404 bits per heavy atom. The second-order valence-electron chi connectivity index (χ2n) is 15.7. The van der Waals surface area contributed by atoms with Gasteiger partial charge >= 0.3 is 0 Å². The van der Waals surface area contributed by atoms with Gasteiger partial charge in [0.15, 0.2) is 0 Å². The molecule has 0 bridgehead atoms. The zero-order chi connectivity index (χ0) is 35.5. The Balaban J connectivity index is 1.10. The van der Waals surface area contributed by atoms with Crippen LogP contribution in [-0.4, -0.2) is 4.57 Å². The molecule has 1 aliphatic carbocycles. The fourth-order valence-corrected chi connectivity index (χ4v) is 8.41. The Hall–Kier alpha value is -5.86. The molecule has 0 unspecified atom stereocenters. The first-order valence-corrected chi connectivity index (χ1v) is 18.6. The molecule has 0 aliphatic heterocycles. The molecule has 52 heavy (non-hydrogen) atoms. The topological polar surface area (TPSA) is 8.17 Å². The summed E-state index contributed by atoms with van der Waals surface area (Å²) in [5.41, 5.74) is 15.3. The van der Waals surface area contributed by atoms with Crippen molar-refractivity contribution in [2.75, 3.05) is 4.90 Å². The summed E-state index contributed by atoms with van der Waals surface area (Å²) < 4.78 is 2.47. The van der Waals surface area contributed by atoms with E-state index in [1.807, 2.05) is 0 Å². The van der Waals surface area contributed by atoms with Crippen LogP contribution in [0.2, 0.25) is 0 Å². The number of rotatable bonds is 6. The largest absolute Gasteiger partial charge is 0.311 e. The Labute approximate surface area is 307 Å². The summed E-state index contributed by atoms with van der Waals surface area (Å²) in [4.78, 5) is 2.33. The smallest absolute Gasteiger partial charge is 0.0541 e. The maximum atomic E-state index is 2.47. The molecule has 2 nitrogen and oxygen atoms in total. The van der Waals surface area contributed by atoms with E-state index in [9.17, 15) is 0 Å². The highest BCUT2D eigenvalue weighted by molar-refractivity contribution is 6.10. The molecular formula is C50H44N2. The predicted octanol–water partition coefficient (Wildman–Crippen LogP) is 13.9. The number of benzene rings is 7. The fraction of sp³-hybridized carbons (Fsp3) is 0.160. The number of hydrogen-bond donors (Lipinski definition) is 0. The van der Waals surface area contributed by atoms with E-state index in [0.29, 0.717) is 0 Å². The van der Waals surface area contributed by atoms with E-state index >= 15 is 0 Å². The minimum atomic E-state index is 0.153. The molecule has 0 atom stereocenters. The molecule has 0 radical (unpaired) electrons. The van der Waals surface area contributed by atoms with Crippen LogP contribution in [0.3, 0.4) is 0 Å². The van der Waals surface area contributed by atoms with Crippen molar-refractivity contribution in [1.82, 2.24) is 4.57 Å². The Kier molecular flexibility index (Phi) is 7.66. The van der Waals surface area contributed by atoms with Gasteiger partial charge in [0.05, 0.1) is 11.0 Å². The van der Waals surface area contributed by atoms with Gasteiger partial charge in [-0.1, -0.05) is 131 Å². The normalized spacial score (nSPS) is 14.7. The van der Waals surface area contributed by atoms with Crippen LogP contribution in [0.4, 0.5) is 17.1 Å². The monoisotopic (exact) mass is 672 g/mol. The van der Waals surface area contributed by atoms with Crippen molar-refractivity contribution in [3.63, 3.8) is 0 Å². The lowest BCUT2D eigenvalue weighted by molar-refractivity contribution is 0.332. The first kappa shape index (κ1) is 32.1.